The number of allylic oxidation sites excluding steroid dienone is 7. The lowest BCUT2D eigenvalue weighted by atomic mass is 9.98. The predicted octanol–water partition coefficient (Wildman–Crippen LogP) is 8.19. The number of nitriles is 1. The second kappa shape index (κ2) is 15.6. The van der Waals surface area contributed by atoms with E-state index in [0.29, 0.717) is 53.7 Å². The predicted molar refractivity (Wildman–Crippen MR) is 167 cm³/mol. The van der Waals surface area contributed by atoms with Crippen molar-refractivity contribution >= 4 is 28.2 Å². The van der Waals surface area contributed by atoms with Crippen molar-refractivity contribution in [3.05, 3.63) is 96.4 Å². The molecule has 1 aliphatic heterocycles. The molecule has 43 heavy (non-hydrogen) atoms. The van der Waals surface area contributed by atoms with E-state index in [-0.39, 0.29) is 17.2 Å². The van der Waals surface area contributed by atoms with E-state index in [1.54, 1.807) is 30.5 Å². The van der Waals surface area contributed by atoms with Crippen LogP contribution in [0.1, 0.15) is 57.7 Å². The first-order chi connectivity index (χ1) is 20.7. The number of carbonyl (C=O) groups excluding carboxylic acids is 1. The van der Waals surface area contributed by atoms with Gasteiger partial charge in [0, 0.05) is 29.1 Å². The highest BCUT2D eigenvalue weighted by Crippen LogP contribution is 2.37. The number of amides is 1. The second-order valence-electron chi connectivity index (χ2n) is 10.1. The summed E-state index contributed by atoms with van der Waals surface area (Å²) in [6.45, 7) is 9.61. The SMILES string of the molecule is C=CCCC(CF)NC(=O)C(C=C)=CC=C(CCC)c1c(C#N)c2ccc(OC(F)F)cc2n1C1=NC=CC=C(C)C1C. The third-order valence-corrected chi connectivity index (χ3v) is 7.24. The van der Waals surface area contributed by atoms with Gasteiger partial charge in [-0.05, 0) is 56.0 Å². The van der Waals surface area contributed by atoms with E-state index in [9.17, 15) is 23.2 Å². The van der Waals surface area contributed by atoms with Crippen LogP contribution in [0.3, 0.4) is 0 Å². The van der Waals surface area contributed by atoms with E-state index in [1.165, 1.54) is 18.2 Å². The minimum Gasteiger partial charge on any atom is -0.435 e. The molecular formula is C34H37F3N4O2. The van der Waals surface area contributed by atoms with Crippen LogP contribution < -0.4 is 10.1 Å². The first-order valence-electron chi connectivity index (χ1n) is 14.2. The van der Waals surface area contributed by atoms with Gasteiger partial charge in [0.05, 0.1) is 22.8 Å². The highest BCUT2D eigenvalue weighted by atomic mass is 19.3. The van der Waals surface area contributed by atoms with Crippen LogP contribution in [0.4, 0.5) is 13.2 Å². The number of aromatic nitrogens is 1. The molecule has 0 aliphatic carbocycles. The van der Waals surface area contributed by atoms with Crippen molar-refractivity contribution in [2.75, 3.05) is 6.67 Å². The number of aliphatic imine (C=N–C) groups is 1. The summed E-state index contributed by atoms with van der Waals surface area (Å²) < 4.78 is 46.4. The van der Waals surface area contributed by atoms with Gasteiger partial charge >= 0.3 is 6.61 Å². The number of carbonyl (C=O) groups is 1. The van der Waals surface area contributed by atoms with Crippen LogP contribution in [0.2, 0.25) is 0 Å². The maximum atomic E-state index is 13.5. The van der Waals surface area contributed by atoms with Crippen molar-refractivity contribution in [3.8, 4) is 11.8 Å². The average molecular weight is 591 g/mol. The van der Waals surface area contributed by atoms with Gasteiger partial charge in [0.1, 0.15) is 24.3 Å². The van der Waals surface area contributed by atoms with E-state index < -0.39 is 25.2 Å². The molecule has 2 aromatic rings. The van der Waals surface area contributed by atoms with Gasteiger partial charge in [0.25, 0.3) is 5.91 Å². The lowest BCUT2D eigenvalue weighted by Crippen LogP contribution is -2.36. The number of benzene rings is 1. The highest BCUT2D eigenvalue weighted by molar-refractivity contribution is 6.05. The third kappa shape index (κ3) is 7.83. The Hall–Kier alpha value is -4.58. The zero-order valence-corrected chi connectivity index (χ0v) is 24.7. The molecule has 0 saturated heterocycles. The molecule has 1 aromatic heterocycles. The third-order valence-electron chi connectivity index (χ3n) is 7.24. The molecule has 0 radical (unpaired) electrons. The van der Waals surface area contributed by atoms with Gasteiger partial charge in [-0.1, -0.05) is 56.7 Å². The van der Waals surface area contributed by atoms with Crippen molar-refractivity contribution in [3.63, 3.8) is 0 Å². The number of rotatable bonds is 13. The van der Waals surface area contributed by atoms with Gasteiger partial charge in [-0.25, -0.2) is 9.38 Å². The number of hydrogen-bond acceptors (Lipinski definition) is 4. The van der Waals surface area contributed by atoms with Crippen LogP contribution in [-0.4, -0.2) is 35.6 Å². The summed E-state index contributed by atoms with van der Waals surface area (Å²) in [5, 5.41) is 13.6. The number of fused-ring (bicyclic) bond motifs is 1. The standard InChI is InChI=1S/C34H37F3N4O2/c1-6-9-13-26(20-35)40-33(42)24(8-3)14-15-25(11-7-2)31-29(21-38)28-17-16-27(43-34(36)37)19-30(28)41(31)32-23(5)22(4)12-10-18-39-32/h6,8,10,12,14-19,23,26,34H,1,3,7,9,11,13,20H2,2,4-5H3,(H,40,42). The van der Waals surface area contributed by atoms with Gasteiger partial charge < -0.3 is 10.1 Å². The second-order valence-corrected chi connectivity index (χ2v) is 10.1. The minimum absolute atomic E-state index is 0.0487. The number of hydrogen-bond donors (Lipinski definition) is 1. The Morgan fingerprint density at radius 3 is 2.70 bits per heavy atom. The summed E-state index contributed by atoms with van der Waals surface area (Å²) >= 11 is 0. The largest absolute Gasteiger partial charge is 0.435 e. The molecule has 2 heterocycles. The molecule has 9 heteroatoms. The minimum atomic E-state index is -3.02. The summed E-state index contributed by atoms with van der Waals surface area (Å²) in [6.07, 6.45) is 14.0. The van der Waals surface area contributed by atoms with E-state index in [1.807, 2.05) is 37.5 Å². The zero-order valence-electron chi connectivity index (χ0n) is 24.7. The Kier molecular flexibility index (Phi) is 11.9. The van der Waals surface area contributed by atoms with Crippen molar-refractivity contribution in [1.29, 1.82) is 5.26 Å². The topological polar surface area (TPSA) is 79.4 Å². The van der Waals surface area contributed by atoms with Gasteiger partial charge in [-0.2, -0.15) is 14.0 Å². The van der Waals surface area contributed by atoms with Crippen LogP contribution in [0, 0.1) is 17.2 Å². The molecule has 1 aromatic carbocycles. The fourth-order valence-electron chi connectivity index (χ4n) is 4.88. The fraction of sp³-hybridized carbons (Fsp3) is 0.324. The molecule has 0 fully saturated rings. The maximum Gasteiger partial charge on any atom is 0.387 e. The normalized spacial score (nSPS) is 16.3. The maximum absolute atomic E-state index is 13.5. The molecule has 3 rings (SSSR count). The molecule has 0 spiro atoms. The van der Waals surface area contributed by atoms with E-state index in [0.717, 1.165) is 11.1 Å². The Labute approximate surface area is 250 Å². The lowest BCUT2D eigenvalue weighted by molar-refractivity contribution is -0.118. The van der Waals surface area contributed by atoms with Crippen LogP contribution in [0.25, 0.3) is 16.5 Å². The molecule has 1 amide bonds. The first-order valence-corrected chi connectivity index (χ1v) is 14.2. The summed E-state index contributed by atoms with van der Waals surface area (Å²) in [5.74, 6) is -0.112. The molecule has 1 aliphatic rings. The smallest absolute Gasteiger partial charge is 0.387 e. The molecular weight excluding hydrogens is 553 g/mol. The van der Waals surface area contributed by atoms with Crippen molar-refractivity contribution in [1.82, 2.24) is 9.88 Å². The number of alkyl halides is 3. The molecule has 2 atom stereocenters. The fourth-order valence-corrected chi connectivity index (χ4v) is 4.88. The van der Waals surface area contributed by atoms with Crippen LogP contribution in [0.5, 0.6) is 5.75 Å². The van der Waals surface area contributed by atoms with Crippen LogP contribution in [0.15, 0.2) is 90.2 Å². The Morgan fingerprint density at radius 1 is 1.30 bits per heavy atom. The molecule has 1 N–H and O–H groups in total. The number of halogens is 3. The lowest BCUT2D eigenvalue weighted by Gasteiger charge is -2.21. The van der Waals surface area contributed by atoms with Crippen LogP contribution >= 0.6 is 0 Å². The van der Waals surface area contributed by atoms with Gasteiger partial charge in [-0.15, -0.1) is 6.58 Å². The van der Waals surface area contributed by atoms with E-state index in [2.05, 4.69) is 24.5 Å². The van der Waals surface area contributed by atoms with Gasteiger partial charge in [-0.3, -0.25) is 9.36 Å². The van der Waals surface area contributed by atoms with Crippen molar-refractivity contribution in [2.45, 2.75) is 59.1 Å². The molecule has 0 saturated carbocycles. The summed E-state index contributed by atoms with van der Waals surface area (Å²) in [7, 11) is 0. The quantitative estimate of drug-likeness (QED) is 0.145. The number of nitrogens with zero attached hydrogens (tertiary/aromatic N) is 3. The highest BCUT2D eigenvalue weighted by Gasteiger charge is 2.27. The molecule has 226 valence electrons. The Balaban J connectivity index is 2.28. The van der Waals surface area contributed by atoms with Crippen molar-refractivity contribution in [2.24, 2.45) is 10.9 Å². The Bertz CT molecular complexity index is 1550. The van der Waals surface area contributed by atoms with Crippen molar-refractivity contribution < 1.29 is 22.7 Å². The first kappa shape index (κ1) is 32.9. The van der Waals surface area contributed by atoms with Gasteiger partial charge in [0.15, 0.2) is 0 Å². The number of ether oxygens (including phenoxy) is 1. The van der Waals surface area contributed by atoms with E-state index >= 15 is 0 Å². The summed E-state index contributed by atoms with van der Waals surface area (Å²) in [5.41, 5.74) is 3.32. The molecule has 0 bridgehead atoms. The summed E-state index contributed by atoms with van der Waals surface area (Å²) in [4.78, 5) is 17.7. The molecule has 6 nitrogen and oxygen atoms in total. The monoisotopic (exact) mass is 590 g/mol. The zero-order chi connectivity index (χ0) is 31.5. The van der Waals surface area contributed by atoms with Gasteiger partial charge in [0.2, 0.25) is 0 Å². The summed E-state index contributed by atoms with van der Waals surface area (Å²) in [6, 6.07) is 6.13. The van der Waals surface area contributed by atoms with Crippen LogP contribution in [-0.2, 0) is 4.79 Å². The Morgan fingerprint density at radius 2 is 2.07 bits per heavy atom. The average Bonchev–Trinajstić information content (AvgIpc) is 3.21. The number of nitrogens with one attached hydrogen (secondary N) is 1. The molecule has 2 unspecified atom stereocenters. The van der Waals surface area contributed by atoms with E-state index in [4.69, 9.17) is 9.73 Å².